The highest BCUT2D eigenvalue weighted by molar-refractivity contribution is 7.25. The lowest BCUT2D eigenvalue weighted by Crippen LogP contribution is -2.38. The third-order valence-electron chi connectivity index (χ3n) is 6.04. The van der Waals surface area contributed by atoms with Crippen LogP contribution in [0.2, 0.25) is 19.6 Å². The molecular weight excluding hydrogens is 386 g/mol. The van der Waals surface area contributed by atoms with Gasteiger partial charge in [-0.25, -0.2) is 0 Å². The molecule has 0 saturated heterocycles. The predicted octanol–water partition coefficient (Wildman–Crippen LogP) is 6.55. The highest BCUT2D eigenvalue weighted by atomic mass is 32.1. The first-order chi connectivity index (χ1) is 13.8. The third kappa shape index (κ3) is 3.00. The monoisotopic (exact) mass is 412 g/mol. The van der Waals surface area contributed by atoms with Crippen LogP contribution in [-0.4, -0.2) is 8.07 Å². The Labute approximate surface area is 177 Å². The van der Waals surface area contributed by atoms with Crippen LogP contribution < -0.4 is 9.75 Å². The molecular formula is C26H26NSSi+. The zero-order chi connectivity index (χ0) is 20.3. The fraction of sp³-hybridized carbons (Fsp3) is 0.192. The van der Waals surface area contributed by atoms with Crippen molar-refractivity contribution in [2.75, 3.05) is 0 Å². The molecule has 0 spiro atoms. The minimum absolute atomic E-state index is 1.27. The molecule has 0 unspecified atom stereocenters. The quantitative estimate of drug-likeness (QED) is 0.228. The van der Waals surface area contributed by atoms with Gasteiger partial charge in [0.05, 0.1) is 8.07 Å². The number of aromatic nitrogens is 1. The van der Waals surface area contributed by atoms with Crippen molar-refractivity contribution in [3.63, 3.8) is 0 Å². The summed E-state index contributed by atoms with van der Waals surface area (Å²) in [4.78, 5) is 0. The highest BCUT2D eigenvalue weighted by Gasteiger charge is 2.21. The molecule has 0 saturated carbocycles. The van der Waals surface area contributed by atoms with Gasteiger partial charge in [-0.05, 0) is 42.8 Å². The van der Waals surface area contributed by atoms with Crippen LogP contribution in [0.5, 0.6) is 0 Å². The van der Waals surface area contributed by atoms with Gasteiger partial charge >= 0.3 is 0 Å². The van der Waals surface area contributed by atoms with Gasteiger partial charge in [-0.1, -0.05) is 49.1 Å². The van der Waals surface area contributed by atoms with Crippen molar-refractivity contribution in [2.45, 2.75) is 26.6 Å². The number of benzene rings is 3. The first-order valence-electron chi connectivity index (χ1n) is 10.2. The lowest BCUT2D eigenvalue weighted by atomic mass is 10.0. The van der Waals surface area contributed by atoms with Crippen LogP contribution >= 0.6 is 11.3 Å². The Morgan fingerprint density at radius 1 is 0.793 bits per heavy atom. The molecule has 0 radical (unpaired) electrons. The van der Waals surface area contributed by atoms with Gasteiger partial charge in [0.25, 0.3) is 0 Å². The number of pyridine rings is 1. The summed E-state index contributed by atoms with van der Waals surface area (Å²) < 4.78 is 5.09. The maximum atomic E-state index is 2.41. The number of hydrogen-bond acceptors (Lipinski definition) is 1. The molecule has 0 aliphatic carbocycles. The Kier molecular flexibility index (Phi) is 4.16. The summed E-state index contributed by atoms with van der Waals surface area (Å²) in [6.07, 6.45) is 0. The van der Waals surface area contributed by atoms with Crippen LogP contribution in [0.4, 0.5) is 0 Å². The number of fused-ring (bicyclic) bond motifs is 4. The molecule has 3 heteroatoms. The van der Waals surface area contributed by atoms with Crippen molar-refractivity contribution in [2.24, 2.45) is 7.05 Å². The summed E-state index contributed by atoms with van der Waals surface area (Å²) in [5.41, 5.74) is 5.21. The van der Waals surface area contributed by atoms with Gasteiger partial charge in [0.1, 0.15) is 7.05 Å². The second-order valence-electron chi connectivity index (χ2n) is 9.06. The number of rotatable bonds is 2. The largest absolute Gasteiger partial charge is 0.213 e. The molecule has 0 fully saturated rings. The lowest BCUT2D eigenvalue weighted by molar-refractivity contribution is -0.633. The Hall–Kier alpha value is -2.49. The molecule has 2 aromatic heterocycles. The van der Waals surface area contributed by atoms with E-state index in [0.717, 1.165) is 0 Å². The molecule has 0 bridgehead atoms. The lowest BCUT2D eigenvalue weighted by Gasteiger charge is -2.16. The van der Waals surface area contributed by atoms with Crippen LogP contribution in [-0.2, 0) is 7.05 Å². The van der Waals surface area contributed by atoms with Gasteiger partial charge in [0, 0.05) is 43.3 Å². The zero-order valence-corrected chi connectivity index (χ0v) is 19.5. The van der Waals surface area contributed by atoms with E-state index >= 15 is 0 Å². The van der Waals surface area contributed by atoms with Crippen LogP contribution in [0.1, 0.15) is 5.56 Å². The van der Waals surface area contributed by atoms with E-state index in [4.69, 9.17) is 0 Å². The topological polar surface area (TPSA) is 3.88 Å². The van der Waals surface area contributed by atoms with Crippen molar-refractivity contribution in [3.05, 3.63) is 72.3 Å². The number of thiophene rings is 1. The smallest absolute Gasteiger partial charge is 0.194 e. The van der Waals surface area contributed by atoms with Crippen molar-refractivity contribution in [3.8, 4) is 11.3 Å². The summed E-state index contributed by atoms with van der Waals surface area (Å²) in [6, 6.07) is 25.1. The minimum atomic E-state index is -1.31. The Morgan fingerprint density at radius 3 is 2.38 bits per heavy atom. The van der Waals surface area contributed by atoms with E-state index in [1.807, 2.05) is 11.3 Å². The third-order valence-corrected chi connectivity index (χ3v) is 9.21. The number of hydrogen-bond donors (Lipinski definition) is 0. The molecule has 0 aliphatic heterocycles. The van der Waals surface area contributed by atoms with E-state index in [0.29, 0.717) is 0 Å². The van der Waals surface area contributed by atoms with E-state index in [9.17, 15) is 0 Å². The van der Waals surface area contributed by atoms with Crippen molar-refractivity contribution in [1.82, 2.24) is 0 Å². The van der Waals surface area contributed by atoms with E-state index in [1.54, 1.807) is 0 Å². The second kappa shape index (κ2) is 6.51. The summed E-state index contributed by atoms with van der Waals surface area (Å²) in [5.74, 6) is 0. The van der Waals surface area contributed by atoms with Gasteiger partial charge in [-0.3, -0.25) is 0 Å². The van der Waals surface area contributed by atoms with Gasteiger partial charge in [-0.2, -0.15) is 4.57 Å². The first kappa shape index (κ1) is 18.5. The maximum absolute atomic E-state index is 2.41. The highest BCUT2D eigenvalue weighted by Crippen LogP contribution is 2.37. The number of nitrogens with zero attached hydrogens (tertiary/aromatic N) is 1. The molecule has 0 aliphatic rings. The molecule has 2 heterocycles. The fourth-order valence-corrected chi connectivity index (χ4v) is 6.65. The SMILES string of the molecule is Cc1cc2sc3ccccc3c2cc1-c1ccc2cc([Si](C)(C)C)ccc2[n+]1C. The standard InChI is InChI=1S/C26H26NSSi/c1-17-14-26-22(20-8-6-7-9-25(20)28-26)16-21(17)24-12-10-18-15-19(29(3,4)5)11-13-23(18)27(24)2/h6-16H,1-5H3/q+1. The zero-order valence-electron chi connectivity index (χ0n) is 17.7. The van der Waals surface area contributed by atoms with Crippen LogP contribution in [0, 0.1) is 6.92 Å². The molecule has 0 amide bonds. The van der Waals surface area contributed by atoms with Crippen LogP contribution in [0.15, 0.2) is 66.7 Å². The van der Waals surface area contributed by atoms with E-state index < -0.39 is 8.07 Å². The van der Waals surface area contributed by atoms with Gasteiger partial charge < -0.3 is 0 Å². The summed E-state index contributed by atoms with van der Waals surface area (Å²) in [5, 5.41) is 5.56. The van der Waals surface area contributed by atoms with Gasteiger partial charge in [0.15, 0.2) is 0 Å². The van der Waals surface area contributed by atoms with E-state index in [1.165, 1.54) is 53.1 Å². The van der Waals surface area contributed by atoms with E-state index in [2.05, 4.69) is 105 Å². The normalized spacial score (nSPS) is 12.3. The maximum Gasteiger partial charge on any atom is 0.213 e. The van der Waals surface area contributed by atoms with Gasteiger partial charge in [0.2, 0.25) is 11.2 Å². The first-order valence-corrected chi connectivity index (χ1v) is 14.5. The summed E-state index contributed by atoms with van der Waals surface area (Å²) in [7, 11) is 0.884. The molecule has 0 atom stereocenters. The molecule has 144 valence electrons. The number of aryl methyl sites for hydroxylation is 2. The van der Waals surface area contributed by atoms with Gasteiger partial charge in [-0.15, -0.1) is 11.3 Å². The summed E-state index contributed by atoms with van der Waals surface area (Å²) in [6.45, 7) is 9.46. The average Bonchev–Trinajstić information content (AvgIpc) is 3.04. The minimum Gasteiger partial charge on any atom is -0.194 e. The molecule has 3 aromatic carbocycles. The van der Waals surface area contributed by atoms with Crippen molar-refractivity contribution in [1.29, 1.82) is 0 Å². The Morgan fingerprint density at radius 2 is 1.59 bits per heavy atom. The van der Waals surface area contributed by atoms with E-state index in [-0.39, 0.29) is 0 Å². The molecule has 1 nitrogen and oxygen atoms in total. The second-order valence-corrected chi connectivity index (χ2v) is 15.2. The molecule has 0 N–H and O–H groups in total. The van der Waals surface area contributed by atoms with Crippen LogP contribution in [0.3, 0.4) is 0 Å². The van der Waals surface area contributed by atoms with Crippen molar-refractivity contribution >= 4 is 55.7 Å². The molecule has 29 heavy (non-hydrogen) atoms. The molecule has 5 aromatic rings. The average molecular weight is 413 g/mol. The Bertz CT molecular complexity index is 1410. The fourth-order valence-electron chi connectivity index (χ4n) is 4.29. The van der Waals surface area contributed by atoms with Crippen molar-refractivity contribution < 1.29 is 4.57 Å². The molecule has 5 rings (SSSR count). The summed E-state index contributed by atoms with van der Waals surface area (Å²) >= 11 is 1.89. The Balaban J connectivity index is 1.74. The van der Waals surface area contributed by atoms with Crippen LogP contribution in [0.25, 0.3) is 42.3 Å². The predicted molar refractivity (Wildman–Crippen MR) is 131 cm³/mol.